The van der Waals surface area contributed by atoms with Crippen LogP contribution in [0.2, 0.25) is 0 Å². The first kappa shape index (κ1) is 32.1. The van der Waals surface area contributed by atoms with Crippen molar-refractivity contribution in [3.05, 3.63) is 0 Å². The molecule has 9 fully saturated rings. The van der Waals surface area contributed by atoms with Crippen molar-refractivity contribution in [3.8, 4) is 0 Å². The second kappa shape index (κ2) is 9.52. The highest BCUT2D eigenvalue weighted by Gasteiger charge is 2.86. The molecule has 10 heteroatoms. The molecule has 10 nitrogen and oxygen atoms in total. The van der Waals surface area contributed by atoms with Crippen LogP contribution in [0, 0.1) is 50.7 Å². The second-order valence-electron chi connectivity index (χ2n) is 18.9. The molecule has 0 aromatic heterocycles. The van der Waals surface area contributed by atoms with Crippen LogP contribution in [0.1, 0.15) is 99.8 Å². The maximum Gasteiger partial charge on any atom is 0.302 e. The highest BCUT2D eigenvalue weighted by atomic mass is 16.8. The highest BCUT2D eigenvalue weighted by Crippen LogP contribution is 2.89. The zero-order valence-corrected chi connectivity index (χ0v) is 29.2. The van der Waals surface area contributed by atoms with Crippen LogP contribution >= 0.6 is 0 Å². The number of hydrogen-bond donors (Lipinski definition) is 3. The number of hydrogen-bond acceptors (Lipinski definition) is 10. The summed E-state index contributed by atoms with van der Waals surface area (Å²) in [5, 5.41) is 31.0. The van der Waals surface area contributed by atoms with Crippen LogP contribution in [0.5, 0.6) is 0 Å². The van der Waals surface area contributed by atoms with Crippen molar-refractivity contribution in [2.24, 2.45) is 50.7 Å². The van der Waals surface area contributed by atoms with Gasteiger partial charge >= 0.3 is 5.97 Å². The number of ether oxygens (including phenoxy) is 6. The van der Waals surface area contributed by atoms with Crippen LogP contribution in [0.3, 0.4) is 0 Å². The van der Waals surface area contributed by atoms with Gasteiger partial charge in [0, 0.05) is 18.8 Å². The maximum atomic E-state index is 12.9. The Morgan fingerprint density at radius 1 is 0.872 bits per heavy atom. The van der Waals surface area contributed by atoms with Gasteiger partial charge in [-0.2, -0.15) is 0 Å². The molecule has 9 rings (SSSR count). The standard InChI is InChI=1S/C37H56O10/c1-18-12-37(30-33(6,47-30)17-43-37)46-21-13-32(5)23-9-8-22-31(3,4)24(45-29-28(41)27(40)20(39)15-42-29)10-11-35(22)16-36(23,35)14-25(44-19(2)38)34(32,7)26(18)21/h18,20-30,39-41H,8-17H2,1-7H3/t18-,20-,21+,22+,23+,24+,25-,26+,27+,28-,29+,30?,32+,33-,34-,35-,36+,37+/m1/s1. The van der Waals surface area contributed by atoms with E-state index >= 15 is 0 Å². The summed E-state index contributed by atoms with van der Waals surface area (Å²) in [5.41, 5.74) is -0.492. The smallest absolute Gasteiger partial charge is 0.302 e. The zero-order valence-electron chi connectivity index (χ0n) is 29.2. The van der Waals surface area contributed by atoms with E-state index < -0.39 is 30.4 Å². The van der Waals surface area contributed by atoms with Crippen LogP contribution in [-0.4, -0.2) is 94.9 Å². The molecule has 4 aliphatic heterocycles. The van der Waals surface area contributed by atoms with Crippen molar-refractivity contribution >= 4 is 5.97 Å². The molecular weight excluding hydrogens is 604 g/mol. The molecule has 5 aliphatic carbocycles. The summed E-state index contributed by atoms with van der Waals surface area (Å²) in [6.07, 6.45) is 2.89. The topological polar surface area (TPSA) is 136 Å². The lowest BCUT2D eigenvalue weighted by Crippen LogP contribution is -2.64. The van der Waals surface area contributed by atoms with E-state index in [9.17, 15) is 20.1 Å². The third-order valence-electron chi connectivity index (χ3n) is 16.6. The summed E-state index contributed by atoms with van der Waals surface area (Å²) in [6, 6.07) is 0. The van der Waals surface area contributed by atoms with Crippen molar-refractivity contribution in [1.82, 2.24) is 0 Å². The third kappa shape index (κ3) is 3.78. The van der Waals surface area contributed by atoms with E-state index in [-0.39, 0.29) is 75.6 Å². The van der Waals surface area contributed by atoms with Gasteiger partial charge in [0.2, 0.25) is 0 Å². The Labute approximate surface area is 278 Å². The SMILES string of the molecule is CC(=O)O[C@@H]1C[C@@]23C[C@@]24CC[C@H](O[C@@H]2OC[C@@H](O)[C@H](O)[C@H]2O)C(C)(C)[C@@H]4CC[C@H]3[C@]2(C)C[C@@H]3O[C@]4(C[C@@H](C)[C@@H]3[C@@]12C)OC[C@@]1(C)OC41. The molecule has 5 saturated carbocycles. The highest BCUT2D eigenvalue weighted by molar-refractivity contribution is 5.66. The van der Waals surface area contributed by atoms with E-state index in [2.05, 4.69) is 41.5 Å². The second-order valence-corrected chi connectivity index (χ2v) is 18.9. The molecule has 0 bridgehead atoms. The van der Waals surface area contributed by atoms with Gasteiger partial charge in [-0.05, 0) is 97.2 Å². The molecule has 0 aromatic carbocycles. The van der Waals surface area contributed by atoms with Crippen LogP contribution in [0.4, 0.5) is 0 Å². The summed E-state index contributed by atoms with van der Waals surface area (Å²) < 4.78 is 38.4. The first-order valence-corrected chi connectivity index (χ1v) is 18.5. The lowest BCUT2D eigenvalue weighted by molar-refractivity contribution is -0.309. The molecule has 9 aliphatic rings. The van der Waals surface area contributed by atoms with Gasteiger partial charge in [0.05, 0.1) is 25.4 Å². The molecule has 0 aromatic rings. The van der Waals surface area contributed by atoms with E-state index in [0.29, 0.717) is 24.4 Å². The Morgan fingerprint density at radius 2 is 1.62 bits per heavy atom. The van der Waals surface area contributed by atoms with Crippen molar-refractivity contribution in [1.29, 1.82) is 0 Å². The van der Waals surface area contributed by atoms with E-state index in [0.717, 1.165) is 51.4 Å². The Hall–Kier alpha value is -0.850. The Balaban J connectivity index is 1.03. The van der Waals surface area contributed by atoms with Crippen LogP contribution < -0.4 is 0 Å². The van der Waals surface area contributed by atoms with Crippen molar-refractivity contribution in [2.45, 2.75) is 160 Å². The van der Waals surface area contributed by atoms with Crippen LogP contribution in [0.25, 0.3) is 0 Å². The fraction of sp³-hybridized carbons (Fsp3) is 0.973. The molecule has 3 spiro atoms. The maximum absolute atomic E-state index is 12.9. The lowest BCUT2D eigenvalue weighted by atomic mass is 9.41. The van der Waals surface area contributed by atoms with Gasteiger partial charge in [0.15, 0.2) is 12.1 Å². The monoisotopic (exact) mass is 660 g/mol. The number of epoxide rings is 1. The average molecular weight is 661 g/mol. The Kier molecular flexibility index (Phi) is 6.50. The minimum atomic E-state index is -1.29. The minimum Gasteiger partial charge on any atom is -0.462 e. The van der Waals surface area contributed by atoms with Gasteiger partial charge in [-0.15, -0.1) is 0 Å². The van der Waals surface area contributed by atoms with Crippen molar-refractivity contribution in [3.63, 3.8) is 0 Å². The van der Waals surface area contributed by atoms with Crippen molar-refractivity contribution < 1.29 is 48.5 Å². The van der Waals surface area contributed by atoms with Gasteiger partial charge in [-0.1, -0.05) is 34.6 Å². The predicted octanol–water partition coefficient (Wildman–Crippen LogP) is 3.71. The first-order valence-electron chi connectivity index (χ1n) is 18.5. The molecule has 3 N–H and O–H groups in total. The van der Waals surface area contributed by atoms with Crippen LogP contribution in [0.15, 0.2) is 0 Å². The Bertz CT molecular complexity index is 1360. The average Bonchev–Trinajstić information content (AvgIpc) is 3.81. The number of rotatable bonds is 3. The quantitative estimate of drug-likeness (QED) is 0.234. The number of esters is 1. The fourth-order valence-electron chi connectivity index (χ4n) is 14.6. The zero-order chi connectivity index (χ0) is 33.3. The van der Waals surface area contributed by atoms with Gasteiger partial charge in [-0.3, -0.25) is 4.79 Å². The molecule has 1 unspecified atom stereocenters. The summed E-state index contributed by atoms with van der Waals surface area (Å²) >= 11 is 0. The normalized spacial score (nSPS) is 62.8. The number of carbonyl (C=O) groups excluding carboxylic acids is 1. The molecule has 4 saturated heterocycles. The largest absolute Gasteiger partial charge is 0.462 e. The number of aliphatic hydroxyl groups excluding tert-OH is 3. The van der Waals surface area contributed by atoms with E-state index in [1.807, 2.05) is 0 Å². The summed E-state index contributed by atoms with van der Waals surface area (Å²) in [5.74, 6) is 0.642. The van der Waals surface area contributed by atoms with Crippen LogP contribution in [-0.2, 0) is 33.2 Å². The number of carbonyl (C=O) groups is 1. The van der Waals surface area contributed by atoms with Crippen molar-refractivity contribution in [2.75, 3.05) is 13.2 Å². The van der Waals surface area contributed by atoms with E-state index in [1.54, 1.807) is 6.92 Å². The number of aliphatic hydroxyl groups is 3. The fourth-order valence-corrected chi connectivity index (χ4v) is 14.6. The predicted molar refractivity (Wildman–Crippen MR) is 166 cm³/mol. The molecule has 4 heterocycles. The summed E-state index contributed by atoms with van der Waals surface area (Å²) in [6.45, 7) is 16.1. The summed E-state index contributed by atoms with van der Waals surface area (Å²) in [7, 11) is 0. The third-order valence-corrected chi connectivity index (χ3v) is 16.6. The Morgan fingerprint density at radius 3 is 2.30 bits per heavy atom. The van der Waals surface area contributed by atoms with E-state index in [4.69, 9.17) is 28.4 Å². The molecule has 0 amide bonds. The molecular formula is C37H56O10. The molecule has 0 radical (unpaired) electrons. The summed E-state index contributed by atoms with van der Waals surface area (Å²) in [4.78, 5) is 12.9. The molecule has 264 valence electrons. The van der Waals surface area contributed by atoms with Gasteiger partial charge < -0.3 is 43.7 Å². The van der Waals surface area contributed by atoms with Gasteiger partial charge in [-0.25, -0.2) is 0 Å². The molecule has 18 atom stereocenters. The van der Waals surface area contributed by atoms with E-state index in [1.165, 1.54) is 0 Å². The first-order chi connectivity index (χ1) is 22.0. The minimum absolute atomic E-state index is 0.00697. The van der Waals surface area contributed by atoms with Gasteiger partial charge in [0.25, 0.3) is 0 Å². The molecule has 47 heavy (non-hydrogen) atoms. The lowest BCUT2D eigenvalue weighted by Gasteiger charge is -2.65. The van der Waals surface area contributed by atoms with Gasteiger partial charge in [0.1, 0.15) is 36.1 Å². The number of fused-ring (bicyclic) bond motifs is 6.